The van der Waals surface area contributed by atoms with Gasteiger partial charge in [0.2, 0.25) is 0 Å². The number of fused-ring (bicyclic) bond motifs is 2. The fraction of sp³-hybridized carbons (Fsp3) is 0.500. The number of carbonyl (C=O) groups is 1. The van der Waals surface area contributed by atoms with E-state index in [2.05, 4.69) is 25.5 Å². The molecule has 1 aromatic carbocycles. The van der Waals surface area contributed by atoms with Gasteiger partial charge in [-0.15, -0.1) is 15.7 Å². The van der Waals surface area contributed by atoms with Crippen molar-refractivity contribution in [1.82, 2.24) is 9.71 Å². The van der Waals surface area contributed by atoms with E-state index in [9.17, 15) is 9.00 Å². The molecule has 8 heteroatoms. The molecule has 0 saturated heterocycles. The standard InChI is InChI=1S/C20H26N4O2S2/c1-12(2)19-22-11-17(27-19)28(26,21-3)24-20(25)23-18-15-8-4-6-13(15)10-14-7-5-9-16(14)18/h10-12H,4-9H2,1-3H3,(H2,21,23,24,25,26). The first-order valence-corrected chi connectivity index (χ1v) is 12.1. The Labute approximate surface area is 170 Å². The third-order valence-corrected chi connectivity index (χ3v) is 9.11. The number of aromatic nitrogens is 1. The molecular weight excluding hydrogens is 392 g/mol. The van der Waals surface area contributed by atoms with Crippen molar-refractivity contribution in [3.63, 3.8) is 0 Å². The average molecular weight is 419 g/mol. The fourth-order valence-electron chi connectivity index (χ4n) is 4.07. The van der Waals surface area contributed by atoms with Crippen LogP contribution in [-0.4, -0.2) is 22.3 Å². The van der Waals surface area contributed by atoms with Crippen molar-refractivity contribution in [2.75, 3.05) is 12.4 Å². The van der Waals surface area contributed by atoms with Gasteiger partial charge in [-0.05, 0) is 67.8 Å². The van der Waals surface area contributed by atoms with Crippen LogP contribution in [0.25, 0.3) is 0 Å². The molecule has 150 valence electrons. The largest absolute Gasteiger partial charge is 0.354 e. The van der Waals surface area contributed by atoms with Crippen molar-refractivity contribution in [1.29, 1.82) is 0 Å². The van der Waals surface area contributed by atoms with Gasteiger partial charge in [0.25, 0.3) is 0 Å². The zero-order valence-electron chi connectivity index (χ0n) is 16.5. The Morgan fingerprint density at radius 3 is 2.36 bits per heavy atom. The van der Waals surface area contributed by atoms with Crippen LogP contribution in [0.1, 0.15) is 59.9 Å². The molecule has 2 aromatic rings. The van der Waals surface area contributed by atoms with Crippen molar-refractivity contribution in [3.05, 3.63) is 39.5 Å². The zero-order chi connectivity index (χ0) is 19.9. The van der Waals surface area contributed by atoms with E-state index in [-0.39, 0.29) is 5.92 Å². The number of nitrogens with one attached hydrogen (secondary N) is 2. The summed E-state index contributed by atoms with van der Waals surface area (Å²) < 4.78 is 20.6. The lowest BCUT2D eigenvalue weighted by atomic mass is 9.99. The highest BCUT2D eigenvalue weighted by Crippen LogP contribution is 2.38. The average Bonchev–Trinajstić information content (AvgIpc) is 3.40. The Bertz CT molecular complexity index is 1020. The predicted molar refractivity (Wildman–Crippen MR) is 114 cm³/mol. The van der Waals surface area contributed by atoms with Gasteiger partial charge in [-0.2, -0.15) is 0 Å². The van der Waals surface area contributed by atoms with Crippen LogP contribution in [0.15, 0.2) is 20.8 Å². The van der Waals surface area contributed by atoms with E-state index in [0.29, 0.717) is 4.21 Å². The smallest absolute Gasteiger partial charge is 0.305 e. The second-order valence-corrected chi connectivity index (χ2v) is 11.1. The minimum Gasteiger partial charge on any atom is -0.305 e. The minimum absolute atomic E-state index is 0.238. The number of aryl methyl sites for hydroxylation is 2. The Hall–Kier alpha value is -1.77. The number of anilines is 1. The summed E-state index contributed by atoms with van der Waals surface area (Å²) in [7, 11) is -1.49. The van der Waals surface area contributed by atoms with Crippen molar-refractivity contribution in [3.8, 4) is 0 Å². The van der Waals surface area contributed by atoms with Crippen LogP contribution in [0.5, 0.6) is 0 Å². The number of urea groups is 1. The van der Waals surface area contributed by atoms with Crippen LogP contribution >= 0.6 is 11.3 Å². The minimum atomic E-state index is -3.05. The van der Waals surface area contributed by atoms with E-state index in [1.807, 2.05) is 13.8 Å². The molecule has 0 aliphatic heterocycles. The summed E-state index contributed by atoms with van der Waals surface area (Å²) in [5.41, 5.74) is 6.07. The molecule has 1 heterocycles. The summed E-state index contributed by atoms with van der Waals surface area (Å²) >= 11 is 1.34. The molecule has 2 amide bonds. The van der Waals surface area contributed by atoms with Gasteiger partial charge in [0.05, 0.1) is 11.2 Å². The van der Waals surface area contributed by atoms with E-state index >= 15 is 0 Å². The molecule has 2 N–H and O–H groups in total. The van der Waals surface area contributed by atoms with Gasteiger partial charge in [-0.3, -0.25) is 0 Å². The highest BCUT2D eigenvalue weighted by atomic mass is 32.2. The zero-order valence-corrected chi connectivity index (χ0v) is 18.1. The van der Waals surface area contributed by atoms with Crippen molar-refractivity contribution in [2.45, 2.75) is 62.5 Å². The molecule has 1 atom stereocenters. The van der Waals surface area contributed by atoms with Crippen molar-refractivity contribution < 1.29 is 9.00 Å². The van der Waals surface area contributed by atoms with Crippen LogP contribution in [-0.2, 0) is 35.6 Å². The lowest BCUT2D eigenvalue weighted by molar-refractivity contribution is 0.260. The SMILES string of the molecule is CNS(=O)(=NC(=O)Nc1c2c(cc3c1CCC3)CCC2)c1cnc(C(C)C)s1. The molecular formula is C20H26N4O2S2. The monoisotopic (exact) mass is 418 g/mol. The van der Waals surface area contributed by atoms with E-state index in [4.69, 9.17) is 0 Å². The van der Waals surface area contributed by atoms with Gasteiger partial charge in [0.1, 0.15) is 4.21 Å². The number of rotatable bonds is 4. The lowest BCUT2D eigenvalue weighted by Gasteiger charge is -2.15. The van der Waals surface area contributed by atoms with Gasteiger partial charge >= 0.3 is 6.03 Å². The van der Waals surface area contributed by atoms with Crippen LogP contribution in [0.4, 0.5) is 10.5 Å². The fourth-order valence-corrected chi connectivity index (χ4v) is 6.65. The summed E-state index contributed by atoms with van der Waals surface area (Å²) in [6.07, 6.45) is 7.88. The molecule has 0 saturated carbocycles. The first-order chi connectivity index (χ1) is 13.4. The number of hydrogen-bond acceptors (Lipinski definition) is 4. The van der Waals surface area contributed by atoms with E-state index < -0.39 is 15.9 Å². The number of hydrogen-bond donors (Lipinski definition) is 2. The highest BCUT2D eigenvalue weighted by Gasteiger charge is 2.26. The van der Waals surface area contributed by atoms with Crippen molar-refractivity contribution >= 4 is 33.0 Å². The molecule has 1 unspecified atom stereocenters. The number of thiazole rings is 1. The Morgan fingerprint density at radius 1 is 1.18 bits per heavy atom. The van der Waals surface area contributed by atoms with Gasteiger partial charge in [-0.25, -0.2) is 18.7 Å². The molecule has 0 bridgehead atoms. The van der Waals surface area contributed by atoms with Crippen molar-refractivity contribution in [2.24, 2.45) is 4.36 Å². The highest BCUT2D eigenvalue weighted by molar-refractivity contribution is 7.94. The molecule has 0 radical (unpaired) electrons. The Kier molecular flexibility index (Phi) is 5.28. The van der Waals surface area contributed by atoms with Gasteiger partial charge in [-0.1, -0.05) is 19.9 Å². The molecule has 4 rings (SSSR count). The maximum atomic E-state index is 13.3. The third-order valence-electron chi connectivity index (χ3n) is 5.46. The number of amides is 2. The number of benzene rings is 1. The maximum absolute atomic E-state index is 13.3. The summed E-state index contributed by atoms with van der Waals surface area (Å²) in [6, 6.07) is 1.76. The van der Waals surface area contributed by atoms with Crippen LogP contribution < -0.4 is 10.0 Å². The van der Waals surface area contributed by atoms with Crippen LogP contribution in [0.2, 0.25) is 0 Å². The third kappa shape index (κ3) is 3.49. The maximum Gasteiger partial charge on any atom is 0.354 e. The molecule has 0 fully saturated rings. The van der Waals surface area contributed by atoms with Gasteiger partial charge in [0, 0.05) is 11.6 Å². The second-order valence-electron chi connectivity index (χ2n) is 7.66. The topological polar surface area (TPSA) is 83.5 Å². The molecule has 2 aliphatic rings. The summed E-state index contributed by atoms with van der Waals surface area (Å²) in [5.74, 6) is 0.238. The molecule has 28 heavy (non-hydrogen) atoms. The first kappa shape index (κ1) is 19.5. The Morgan fingerprint density at radius 2 is 1.82 bits per heavy atom. The Balaban J connectivity index is 1.68. The normalized spacial score (nSPS) is 17.3. The van der Waals surface area contributed by atoms with Gasteiger partial charge in [0.15, 0.2) is 9.92 Å². The quantitative estimate of drug-likeness (QED) is 0.770. The lowest BCUT2D eigenvalue weighted by Crippen LogP contribution is -2.21. The first-order valence-electron chi connectivity index (χ1n) is 9.80. The van der Waals surface area contributed by atoms with Crippen LogP contribution in [0, 0.1) is 0 Å². The number of carbonyl (C=O) groups excluding carboxylic acids is 1. The summed E-state index contributed by atoms with van der Waals surface area (Å²) in [4.78, 5) is 17.1. The van der Waals surface area contributed by atoms with E-state index in [1.165, 1.54) is 33.6 Å². The number of nitrogens with zero attached hydrogens (tertiary/aromatic N) is 2. The van der Waals surface area contributed by atoms with E-state index in [1.54, 1.807) is 13.2 Å². The van der Waals surface area contributed by atoms with Gasteiger partial charge < -0.3 is 5.32 Å². The van der Waals surface area contributed by atoms with E-state index in [0.717, 1.165) is 49.2 Å². The molecule has 1 aromatic heterocycles. The molecule has 6 nitrogen and oxygen atoms in total. The summed E-state index contributed by atoms with van der Waals surface area (Å²) in [5, 5.41) is 3.87. The second kappa shape index (κ2) is 7.57. The summed E-state index contributed by atoms with van der Waals surface area (Å²) in [6.45, 7) is 4.06. The predicted octanol–water partition coefficient (Wildman–Crippen LogP) is 4.44. The molecule has 2 aliphatic carbocycles. The van der Waals surface area contributed by atoms with Crippen LogP contribution in [0.3, 0.4) is 0 Å². The molecule has 0 spiro atoms.